The van der Waals surface area contributed by atoms with Crippen molar-refractivity contribution in [3.05, 3.63) is 30.3 Å². The maximum absolute atomic E-state index is 2.41. The molecule has 0 atom stereocenters. The fourth-order valence-corrected chi connectivity index (χ4v) is 3.24. The molecule has 13 heavy (non-hydrogen) atoms. The fourth-order valence-electron chi connectivity index (χ4n) is 1.31. The average Bonchev–Trinajstić information content (AvgIpc) is 2.15. The van der Waals surface area contributed by atoms with Crippen LogP contribution in [0.3, 0.4) is 0 Å². The van der Waals surface area contributed by atoms with Gasteiger partial charge in [0.05, 0.1) is 0 Å². The van der Waals surface area contributed by atoms with Crippen molar-refractivity contribution < 1.29 is 18.9 Å². The van der Waals surface area contributed by atoms with Gasteiger partial charge in [0.1, 0.15) is 0 Å². The molecule has 0 aliphatic rings. The Labute approximate surface area is 95.5 Å². The molecule has 0 saturated heterocycles. The van der Waals surface area contributed by atoms with E-state index >= 15 is 0 Å². The number of hydrogen-bond acceptors (Lipinski definition) is 0. The monoisotopic (exact) mass is 184 g/mol. The Bertz CT molecular complexity index is 211. The van der Waals surface area contributed by atoms with Crippen molar-refractivity contribution in [2.45, 2.75) is 32.4 Å². The van der Waals surface area contributed by atoms with E-state index in [1.54, 1.807) is 5.19 Å². The molecule has 0 aliphatic heterocycles. The zero-order chi connectivity index (χ0) is 8.81. The summed E-state index contributed by atoms with van der Waals surface area (Å²) in [5.41, 5.74) is 0. The van der Waals surface area contributed by atoms with Crippen LogP contribution in [0.1, 0.15) is 19.8 Å². The van der Waals surface area contributed by atoms with E-state index < -0.39 is 0 Å². The van der Waals surface area contributed by atoms with Crippen LogP contribution in [0.2, 0.25) is 12.6 Å². The van der Waals surface area contributed by atoms with E-state index in [1.807, 2.05) is 0 Å². The first-order valence-electron chi connectivity index (χ1n) is 4.72. The summed E-state index contributed by atoms with van der Waals surface area (Å²) >= 11 is 0. The molecule has 0 saturated carbocycles. The number of hydrogen-bond donors (Lipinski definition) is 0. The van der Waals surface area contributed by atoms with Crippen molar-refractivity contribution in [3.8, 4) is 0 Å². The molecule has 0 heterocycles. The minimum absolute atomic E-state index is 0. The maximum Gasteiger partial charge on any atom is 1.00 e. The van der Waals surface area contributed by atoms with Crippen molar-refractivity contribution >= 4 is 14.0 Å². The molecule has 0 nitrogen and oxygen atoms in total. The molecule has 0 fully saturated rings. The van der Waals surface area contributed by atoms with E-state index in [0.29, 0.717) is 0 Å². The van der Waals surface area contributed by atoms with E-state index in [9.17, 15) is 0 Å². The normalized spacial score (nSPS) is 9.08. The van der Waals surface area contributed by atoms with Gasteiger partial charge in [0.15, 0.2) is 0 Å². The van der Waals surface area contributed by atoms with Gasteiger partial charge in [-0.2, -0.15) is 17.8 Å². The maximum atomic E-state index is 2.41. The quantitative estimate of drug-likeness (QED) is 0.570. The van der Waals surface area contributed by atoms with E-state index in [2.05, 4.69) is 43.8 Å². The molecule has 1 aromatic carbocycles. The van der Waals surface area contributed by atoms with Gasteiger partial charge in [-0.05, 0) is 0 Å². The molecule has 2 heteroatoms. The van der Waals surface area contributed by atoms with Gasteiger partial charge in [0, 0.05) is 0 Å². The molecular weight excluding hydrogens is 167 g/mol. The van der Waals surface area contributed by atoms with Gasteiger partial charge in [-0.1, -0.05) is 50.1 Å². The molecule has 1 rings (SSSR count). The van der Waals surface area contributed by atoms with Gasteiger partial charge in [0.25, 0.3) is 0 Å². The van der Waals surface area contributed by atoms with Gasteiger partial charge >= 0.3 is 18.9 Å². The first-order chi connectivity index (χ1) is 5.84. The second-order valence-electron chi connectivity index (χ2n) is 3.25. The molecule has 0 aliphatic carbocycles. The van der Waals surface area contributed by atoms with Crippen molar-refractivity contribution in [2.75, 3.05) is 0 Å². The summed E-state index contributed by atoms with van der Waals surface area (Å²) in [5, 5.41) is 1.58. The number of benzene rings is 1. The van der Waals surface area contributed by atoms with E-state index in [1.165, 1.54) is 18.9 Å². The minimum atomic E-state index is -0.230. The molecule has 66 valence electrons. The standard InChI is InChI=1S/C11H17Si.Li/c1-3-4-10-12(2)11-8-6-5-7-9-11;/h5-9H,3-4,10H2,1-2H3;/q-1;+1. The molecule has 0 amide bonds. The summed E-state index contributed by atoms with van der Waals surface area (Å²) in [7, 11) is -0.230. The Morgan fingerprint density at radius 1 is 1.15 bits per heavy atom. The predicted octanol–water partition coefficient (Wildman–Crippen LogP) is -0.178. The molecule has 0 spiro atoms. The Hall–Kier alpha value is 0.0343. The van der Waals surface area contributed by atoms with Crippen LogP contribution in [0, 0.1) is 0 Å². The average molecular weight is 184 g/mol. The van der Waals surface area contributed by atoms with Crippen LogP contribution in [-0.2, 0) is 0 Å². The van der Waals surface area contributed by atoms with Crippen molar-refractivity contribution in [3.63, 3.8) is 0 Å². The Morgan fingerprint density at radius 3 is 2.31 bits per heavy atom. The molecule has 0 radical (unpaired) electrons. The second kappa shape index (κ2) is 7.44. The van der Waals surface area contributed by atoms with Gasteiger partial charge in [-0.15, -0.1) is 0 Å². The van der Waals surface area contributed by atoms with Crippen molar-refractivity contribution in [2.24, 2.45) is 0 Å². The van der Waals surface area contributed by atoms with Gasteiger partial charge in [0.2, 0.25) is 0 Å². The minimum Gasteiger partial charge on any atom is -0.288 e. The third-order valence-electron chi connectivity index (χ3n) is 2.17. The predicted molar refractivity (Wildman–Crippen MR) is 57.4 cm³/mol. The van der Waals surface area contributed by atoms with E-state index in [-0.39, 0.29) is 27.7 Å². The third-order valence-corrected chi connectivity index (χ3v) is 4.59. The van der Waals surface area contributed by atoms with Gasteiger partial charge in [-0.25, -0.2) is 0 Å². The van der Waals surface area contributed by atoms with Crippen LogP contribution in [0.25, 0.3) is 0 Å². The molecule has 0 aromatic heterocycles. The van der Waals surface area contributed by atoms with Crippen LogP contribution >= 0.6 is 0 Å². The third kappa shape index (κ3) is 4.71. The summed E-state index contributed by atoms with van der Waals surface area (Å²) < 4.78 is 0. The Morgan fingerprint density at radius 2 is 1.77 bits per heavy atom. The van der Waals surface area contributed by atoms with Crippen LogP contribution in [0.4, 0.5) is 0 Å². The molecule has 0 N–H and O–H groups in total. The molecule has 0 bridgehead atoms. The zero-order valence-corrected chi connectivity index (χ0v) is 10.0. The first-order valence-corrected chi connectivity index (χ1v) is 6.93. The van der Waals surface area contributed by atoms with Gasteiger partial charge in [-0.3, -0.25) is 8.80 Å². The zero-order valence-electron chi connectivity index (χ0n) is 9.01. The first kappa shape index (κ1) is 13.0. The Balaban J connectivity index is 0.00000144. The van der Waals surface area contributed by atoms with Crippen LogP contribution in [0.15, 0.2) is 30.3 Å². The second-order valence-corrected chi connectivity index (χ2v) is 5.89. The van der Waals surface area contributed by atoms with E-state index in [0.717, 1.165) is 0 Å². The summed E-state index contributed by atoms with van der Waals surface area (Å²) in [6.07, 6.45) is 2.72. The molecule has 1 aromatic rings. The van der Waals surface area contributed by atoms with E-state index in [4.69, 9.17) is 0 Å². The summed E-state index contributed by atoms with van der Waals surface area (Å²) in [4.78, 5) is 0. The fraction of sp³-hybridized carbons (Fsp3) is 0.455. The van der Waals surface area contributed by atoms with Crippen LogP contribution in [-0.4, -0.2) is 8.80 Å². The number of rotatable bonds is 4. The Kier molecular flexibility index (Phi) is 7.46. The molecular formula is C11H17LiSi. The smallest absolute Gasteiger partial charge is 0.288 e. The van der Waals surface area contributed by atoms with Crippen LogP contribution < -0.4 is 24.0 Å². The summed E-state index contributed by atoms with van der Waals surface area (Å²) in [6.45, 7) is 4.68. The molecule has 0 unspecified atom stereocenters. The topological polar surface area (TPSA) is 0 Å². The largest absolute Gasteiger partial charge is 1.00 e. The SMILES string of the molecule is CCCC[Si-](C)c1ccccc1.[Li+]. The summed E-state index contributed by atoms with van der Waals surface area (Å²) in [6, 6.07) is 12.3. The summed E-state index contributed by atoms with van der Waals surface area (Å²) in [5.74, 6) is 0. The van der Waals surface area contributed by atoms with Crippen molar-refractivity contribution in [1.29, 1.82) is 0 Å². The van der Waals surface area contributed by atoms with Crippen molar-refractivity contribution in [1.82, 2.24) is 0 Å². The number of unbranched alkanes of at least 4 members (excludes halogenated alkanes) is 1. The van der Waals surface area contributed by atoms with Crippen LogP contribution in [0.5, 0.6) is 0 Å². The van der Waals surface area contributed by atoms with Gasteiger partial charge < -0.3 is 0 Å².